The van der Waals surface area contributed by atoms with Crippen LogP contribution in [0.1, 0.15) is 12.5 Å². The SMILES string of the molecule is COCC(C)N(C)S(=O)(=O)c1cc(Cl)cc(N)c1C. The second-order valence-corrected chi connectivity index (χ2v) is 6.85. The molecule has 108 valence electrons. The van der Waals surface area contributed by atoms with Crippen molar-refractivity contribution in [2.24, 2.45) is 0 Å². The van der Waals surface area contributed by atoms with E-state index >= 15 is 0 Å². The van der Waals surface area contributed by atoms with Crippen LogP contribution >= 0.6 is 11.6 Å². The minimum Gasteiger partial charge on any atom is -0.398 e. The molecule has 0 bridgehead atoms. The van der Waals surface area contributed by atoms with Crippen molar-refractivity contribution in [3.63, 3.8) is 0 Å². The number of rotatable bonds is 5. The van der Waals surface area contributed by atoms with E-state index in [2.05, 4.69) is 0 Å². The zero-order valence-corrected chi connectivity index (χ0v) is 13.0. The molecule has 1 rings (SSSR count). The van der Waals surface area contributed by atoms with Gasteiger partial charge in [-0.05, 0) is 31.5 Å². The average Bonchev–Trinajstić information content (AvgIpc) is 2.32. The number of hydrogen-bond donors (Lipinski definition) is 1. The molecule has 0 saturated carbocycles. The molecule has 7 heteroatoms. The Bertz CT molecular complexity index is 560. The Hall–Kier alpha value is -0.820. The molecule has 1 atom stereocenters. The Balaban J connectivity index is 3.28. The van der Waals surface area contributed by atoms with E-state index in [0.717, 1.165) is 0 Å². The molecule has 0 aromatic heterocycles. The molecule has 0 aliphatic rings. The summed E-state index contributed by atoms with van der Waals surface area (Å²) in [5.74, 6) is 0. The number of likely N-dealkylation sites (N-methyl/N-ethyl adjacent to an activating group) is 1. The maximum atomic E-state index is 12.5. The molecule has 0 aliphatic heterocycles. The summed E-state index contributed by atoms with van der Waals surface area (Å²) in [6, 6.07) is 2.67. The number of anilines is 1. The van der Waals surface area contributed by atoms with Gasteiger partial charge in [0.05, 0.1) is 11.5 Å². The third kappa shape index (κ3) is 3.39. The van der Waals surface area contributed by atoms with Crippen LogP contribution < -0.4 is 5.73 Å². The van der Waals surface area contributed by atoms with Gasteiger partial charge in [0.1, 0.15) is 0 Å². The minimum absolute atomic E-state index is 0.128. The number of nitrogens with zero attached hydrogens (tertiary/aromatic N) is 1. The second kappa shape index (κ2) is 6.09. The summed E-state index contributed by atoms with van der Waals surface area (Å²) in [4.78, 5) is 0.128. The predicted molar refractivity (Wildman–Crippen MR) is 76.9 cm³/mol. The van der Waals surface area contributed by atoms with Crippen LogP contribution in [-0.4, -0.2) is 39.5 Å². The van der Waals surface area contributed by atoms with Gasteiger partial charge in [-0.15, -0.1) is 0 Å². The van der Waals surface area contributed by atoms with E-state index in [1.165, 1.54) is 30.6 Å². The predicted octanol–water partition coefficient (Wildman–Crippen LogP) is 1.89. The quantitative estimate of drug-likeness (QED) is 0.843. The van der Waals surface area contributed by atoms with E-state index in [4.69, 9.17) is 22.1 Å². The first kappa shape index (κ1) is 16.2. The Morgan fingerprint density at radius 3 is 2.58 bits per heavy atom. The first-order chi connectivity index (χ1) is 8.71. The molecular formula is C12H19ClN2O3S. The first-order valence-electron chi connectivity index (χ1n) is 5.74. The van der Waals surface area contributed by atoms with E-state index in [9.17, 15) is 8.42 Å². The van der Waals surface area contributed by atoms with Crippen molar-refractivity contribution in [2.75, 3.05) is 26.5 Å². The van der Waals surface area contributed by atoms with Crippen LogP contribution in [0.4, 0.5) is 5.69 Å². The standard InChI is InChI=1S/C12H19ClN2O3S/c1-8(7-18-4)15(3)19(16,17)12-6-10(13)5-11(14)9(12)2/h5-6,8H,7,14H2,1-4H3. The molecule has 2 N–H and O–H groups in total. The van der Waals surface area contributed by atoms with E-state index < -0.39 is 10.0 Å². The largest absolute Gasteiger partial charge is 0.398 e. The van der Waals surface area contributed by atoms with E-state index in [1.807, 2.05) is 0 Å². The van der Waals surface area contributed by atoms with Crippen molar-refractivity contribution >= 4 is 27.3 Å². The van der Waals surface area contributed by atoms with Crippen LogP contribution in [0.15, 0.2) is 17.0 Å². The molecular weight excluding hydrogens is 288 g/mol. The molecule has 0 aliphatic carbocycles. The summed E-state index contributed by atoms with van der Waals surface area (Å²) in [6.07, 6.45) is 0. The van der Waals surface area contributed by atoms with Crippen molar-refractivity contribution in [2.45, 2.75) is 24.8 Å². The third-order valence-electron chi connectivity index (χ3n) is 3.05. The van der Waals surface area contributed by atoms with Crippen LogP contribution in [0.25, 0.3) is 0 Å². The van der Waals surface area contributed by atoms with Gasteiger partial charge in [0.2, 0.25) is 10.0 Å². The Morgan fingerprint density at radius 1 is 1.47 bits per heavy atom. The Morgan fingerprint density at radius 2 is 2.05 bits per heavy atom. The summed E-state index contributed by atoms with van der Waals surface area (Å²) < 4.78 is 31.3. The second-order valence-electron chi connectivity index (χ2n) is 4.44. The van der Waals surface area contributed by atoms with E-state index in [-0.39, 0.29) is 10.9 Å². The molecule has 0 saturated heterocycles. The average molecular weight is 307 g/mol. The van der Waals surface area contributed by atoms with Gasteiger partial charge in [-0.3, -0.25) is 0 Å². The van der Waals surface area contributed by atoms with Gasteiger partial charge in [-0.2, -0.15) is 4.31 Å². The van der Waals surface area contributed by atoms with Gasteiger partial charge >= 0.3 is 0 Å². The summed E-state index contributed by atoms with van der Waals surface area (Å²) in [5, 5.41) is 0.300. The van der Waals surface area contributed by atoms with Crippen molar-refractivity contribution in [1.29, 1.82) is 0 Å². The van der Waals surface area contributed by atoms with Gasteiger partial charge in [0.15, 0.2) is 0 Å². The van der Waals surface area contributed by atoms with Gasteiger partial charge < -0.3 is 10.5 Å². The highest BCUT2D eigenvalue weighted by atomic mass is 35.5. The number of methoxy groups -OCH3 is 1. The topological polar surface area (TPSA) is 72.6 Å². The van der Waals surface area contributed by atoms with Crippen LogP contribution in [0.3, 0.4) is 0 Å². The van der Waals surface area contributed by atoms with Crippen LogP contribution in [-0.2, 0) is 14.8 Å². The number of nitrogen functional groups attached to an aromatic ring is 1. The van der Waals surface area contributed by atoms with Crippen LogP contribution in [0.5, 0.6) is 0 Å². The lowest BCUT2D eigenvalue weighted by Gasteiger charge is -2.24. The summed E-state index contributed by atoms with van der Waals surface area (Å²) in [7, 11) is -0.610. The normalized spacial score (nSPS) is 13.8. The van der Waals surface area contributed by atoms with Crippen molar-refractivity contribution in [3.05, 3.63) is 22.7 Å². The summed E-state index contributed by atoms with van der Waals surface area (Å²) >= 11 is 5.89. The number of sulfonamides is 1. The lowest BCUT2D eigenvalue weighted by Crippen LogP contribution is -2.38. The lowest BCUT2D eigenvalue weighted by molar-refractivity contribution is 0.149. The van der Waals surface area contributed by atoms with Gasteiger partial charge in [0, 0.05) is 30.9 Å². The zero-order chi connectivity index (χ0) is 14.8. The van der Waals surface area contributed by atoms with Crippen molar-refractivity contribution in [3.8, 4) is 0 Å². The molecule has 1 aromatic carbocycles. The minimum atomic E-state index is -3.65. The molecule has 5 nitrogen and oxygen atoms in total. The van der Waals surface area contributed by atoms with Gasteiger partial charge in [0.25, 0.3) is 0 Å². The fraction of sp³-hybridized carbons (Fsp3) is 0.500. The maximum absolute atomic E-state index is 12.5. The smallest absolute Gasteiger partial charge is 0.243 e. The molecule has 0 amide bonds. The monoisotopic (exact) mass is 306 g/mol. The highest BCUT2D eigenvalue weighted by Crippen LogP contribution is 2.28. The highest BCUT2D eigenvalue weighted by molar-refractivity contribution is 7.89. The molecule has 19 heavy (non-hydrogen) atoms. The molecule has 1 unspecified atom stereocenters. The number of nitrogens with two attached hydrogens (primary N) is 1. The zero-order valence-electron chi connectivity index (χ0n) is 11.5. The third-order valence-corrected chi connectivity index (χ3v) is 5.37. The van der Waals surface area contributed by atoms with Crippen molar-refractivity contribution in [1.82, 2.24) is 4.31 Å². The molecule has 0 radical (unpaired) electrons. The van der Waals surface area contributed by atoms with Gasteiger partial charge in [-0.1, -0.05) is 11.6 Å². The molecule has 1 aromatic rings. The van der Waals surface area contributed by atoms with Crippen LogP contribution in [0, 0.1) is 6.92 Å². The first-order valence-corrected chi connectivity index (χ1v) is 7.56. The lowest BCUT2D eigenvalue weighted by atomic mass is 10.2. The number of benzene rings is 1. The number of halogens is 1. The fourth-order valence-corrected chi connectivity index (χ4v) is 3.60. The fourth-order valence-electron chi connectivity index (χ4n) is 1.68. The molecule has 0 fully saturated rings. The Kier molecular flexibility index (Phi) is 5.20. The summed E-state index contributed by atoms with van der Waals surface area (Å²) in [6.45, 7) is 3.74. The number of ether oxygens (including phenoxy) is 1. The Labute approximate surface area is 119 Å². The highest BCUT2D eigenvalue weighted by Gasteiger charge is 2.27. The molecule has 0 spiro atoms. The van der Waals surface area contributed by atoms with E-state index in [1.54, 1.807) is 13.8 Å². The van der Waals surface area contributed by atoms with Crippen molar-refractivity contribution < 1.29 is 13.2 Å². The van der Waals surface area contributed by atoms with Gasteiger partial charge in [-0.25, -0.2) is 8.42 Å². The van der Waals surface area contributed by atoms with Crippen LogP contribution in [0.2, 0.25) is 5.02 Å². The maximum Gasteiger partial charge on any atom is 0.243 e. The van der Waals surface area contributed by atoms with E-state index in [0.29, 0.717) is 22.9 Å². The summed E-state index contributed by atoms with van der Waals surface area (Å²) in [5.41, 5.74) is 6.62. The number of hydrogen-bond acceptors (Lipinski definition) is 4. The molecule has 0 heterocycles.